The molecule has 5 heteroatoms. The zero-order valence-corrected chi connectivity index (χ0v) is 13.0. The second-order valence-electron chi connectivity index (χ2n) is 5.26. The number of benzene rings is 2. The molecule has 5 nitrogen and oxygen atoms in total. The first-order valence-electron chi connectivity index (χ1n) is 7.42. The molecule has 120 valence electrons. The van der Waals surface area contributed by atoms with Crippen molar-refractivity contribution in [3.63, 3.8) is 0 Å². The van der Waals surface area contributed by atoms with Crippen LogP contribution in [0.25, 0.3) is 0 Å². The summed E-state index contributed by atoms with van der Waals surface area (Å²) in [5, 5.41) is 11.7. The van der Waals surface area contributed by atoms with Crippen LogP contribution in [0.5, 0.6) is 0 Å². The minimum Gasteiger partial charge on any atom is -0.395 e. The maximum Gasteiger partial charge on any atom is 0.313 e. The first-order valence-corrected chi connectivity index (χ1v) is 7.42. The van der Waals surface area contributed by atoms with Crippen molar-refractivity contribution in [1.29, 1.82) is 0 Å². The Kier molecular flexibility index (Phi) is 5.88. The Morgan fingerprint density at radius 1 is 1.04 bits per heavy atom. The van der Waals surface area contributed by atoms with E-state index in [1.807, 2.05) is 49.4 Å². The number of hydrogen-bond acceptors (Lipinski definition) is 3. The molecule has 0 fully saturated rings. The summed E-state index contributed by atoms with van der Waals surface area (Å²) in [5.41, 5.74) is 2.54. The third-order valence-electron chi connectivity index (χ3n) is 3.38. The topological polar surface area (TPSA) is 69.6 Å². The predicted octanol–water partition coefficient (Wildman–Crippen LogP) is 1.95. The summed E-state index contributed by atoms with van der Waals surface area (Å²) in [6, 6.07) is 16.6. The molecule has 0 heterocycles. The van der Waals surface area contributed by atoms with E-state index >= 15 is 0 Å². The molecule has 0 aliphatic carbocycles. The van der Waals surface area contributed by atoms with Crippen LogP contribution in [0, 0.1) is 6.92 Å². The number of carbonyl (C=O) groups is 2. The molecule has 0 unspecified atom stereocenters. The average Bonchev–Trinajstić information content (AvgIpc) is 2.57. The van der Waals surface area contributed by atoms with Gasteiger partial charge in [-0.25, -0.2) is 0 Å². The lowest BCUT2D eigenvalue weighted by molar-refractivity contribution is -0.143. The van der Waals surface area contributed by atoms with Crippen molar-refractivity contribution in [3.05, 3.63) is 65.7 Å². The van der Waals surface area contributed by atoms with Crippen molar-refractivity contribution >= 4 is 17.5 Å². The van der Waals surface area contributed by atoms with E-state index in [4.69, 9.17) is 5.11 Å². The Morgan fingerprint density at radius 3 is 2.30 bits per heavy atom. The van der Waals surface area contributed by atoms with Gasteiger partial charge in [-0.05, 0) is 24.6 Å². The van der Waals surface area contributed by atoms with Gasteiger partial charge in [-0.3, -0.25) is 9.59 Å². The highest BCUT2D eigenvalue weighted by molar-refractivity contribution is 6.39. The first kappa shape index (κ1) is 16.7. The summed E-state index contributed by atoms with van der Waals surface area (Å²) < 4.78 is 0. The maximum atomic E-state index is 12.3. The number of anilines is 1. The van der Waals surface area contributed by atoms with Crippen LogP contribution in [0.3, 0.4) is 0 Å². The van der Waals surface area contributed by atoms with Gasteiger partial charge in [-0.15, -0.1) is 0 Å². The predicted molar refractivity (Wildman–Crippen MR) is 88.8 cm³/mol. The highest BCUT2D eigenvalue weighted by Crippen LogP contribution is 2.10. The normalized spacial score (nSPS) is 10.2. The Labute approximate surface area is 135 Å². The van der Waals surface area contributed by atoms with Crippen molar-refractivity contribution in [3.8, 4) is 0 Å². The fraction of sp³-hybridized carbons (Fsp3) is 0.222. The number of rotatable bonds is 5. The number of amides is 2. The summed E-state index contributed by atoms with van der Waals surface area (Å²) in [4.78, 5) is 25.8. The number of nitrogens with one attached hydrogen (secondary N) is 1. The van der Waals surface area contributed by atoms with Crippen LogP contribution in [-0.2, 0) is 16.1 Å². The van der Waals surface area contributed by atoms with Crippen molar-refractivity contribution in [2.45, 2.75) is 13.5 Å². The Morgan fingerprint density at radius 2 is 1.70 bits per heavy atom. The number of carbonyl (C=O) groups excluding carboxylic acids is 2. The molecule has 0 aliphatic heterocycles. The molecule has 0 radical (unpaired) electrons. The largest absolute Gasteiger partial charge is 0.395 e. The van der Waals surface area contributed by atoms with Gasteiger partial charge in [0.15, 0.2) is 0 Å². The molecule has 0 bridgehead atoms. The van der Waals surface area contributed by atoms with Crippen LogP contribution in [0.4, 0.5) is 5.69 Å². The molecule has 2 aromatic rings. The monoisotopic (exact) mass is 312 g/mol. The fourth-order valence-electron chi connectivity index (χ4n) is 2.14. The van der Waals surface area contributed by atoms with Gasteiger partial charge in [0, 0.05) is 18.8 Å². The second-order valence-corrected chi connectivity index (χ2v) is 5.26. The van der Waals surface area contributed by atoms with Gasteiger partial charge in [-0.1, -0.05) is 48.0 Å². The molecule has 23 heavy (non-hydrogen) atoms. The standard InChI is InChI=1S/C18H20N2O3/c1-14-7-9-16(10-8-14)19-17(22)18(23)20(11-12-21)13-15-5-3-2-4-6-15/h2-10,21H,11-13H2,1H3,(H,19,22). The van der Waals surface area contributed by atoms with E-state index in [-0.39, 0.29) is 19.7 Å². The van der Waals surface area contributed by atoms with E-state index in [0.29, 0.717) is 5.69 Å². The van der Waals surface area contributed by atoms with Crippen molar-refractivity contribution < 1.29 is 14.7 Å². The molecule has 2 aromatic carbocycles. The van der Waals surface area contributed by atoms with Crippen molar-refractivity contribution in [1.82, 2.24) is 4.90 Å². The maximum absolute atomic E-state index is 12.3. The van der Waals surface area contributed by atoms with E-state index in [9.17, 15) is 9.59 Å². The van der Waals surface area contributed by atoms with Crippen LogP contribution in [0.15, 0.2) is 54.6 Å². The lowest BCUT2D eigenvalue weighted by Crippen LogP contribution is -2.40. The molecular weight excluding hydrogens is 292 g/mol. The highest BCUT2D eigenvalue weighted by Gasteiger charge is 2.21. The molecular formula is C18H20N2O3. The smallest absolute Gasteiger partial charge is 0.313 e. The molecule has 2 N–H and O–H groups in total. The molecule has 0 saturated heterocycles. The molecule has 0 atom stereocenters. The van der Waals surface area contributed by atoms with Gasteiger partial charge in [0.25, 0.3) is 0 Å². The minimum absolute atomic E-state index is 0.106. The fourth-order valence-corrected chi connectivity index (χ4v) is 2.14. The zero-order chi connectivity index (χ0) is 16.7. The molecule has 2 rings (SSSR count). The molecule has 0 spiro atoms. The van der Waals surface area contributed by atoms with Gasteiger partial charge in [-0.2, -0.15) is 0 Å². The number of aryl methyl sites for hydroxylation is 1. The van der Waals surface area contributed by atoms with Crippen LogP contribution >= 0.6 is 0 Å². The molecule has 0 saturated carbocycles. The second kappa shape index (κ2) is 8.10. The third-order valence-corrected chi connectivity index (χ3v) is 3.38. The summed E-state index contributed by atoms with van der Waals surface area (Å²) in [6.07, 6.45) is 0. The number of nitrogens with zero attached hydrogens (tertiary/aromatic N) is 1. The average molecular weight is 312 g/mol. The lowest BCUT2D eigenvalue weighted by Gasteiger charge is -2.21. The molecule has 0 aliphatic rings. The van der Waals surface area contributed by atoms with Crippen LogP contribution in [0.2, 0.25) is 0 Å². The summed E-state index contributed by atoms with van der Waals surface area (Å²) in [7, 11) is 0. The van der Waals surface area contributed by atoms with Crippen molar-refractivity contribution in [2.75, 3.05) is 18.5 Å². The van der Waals surface area contributed by atoms with Gasteiger partial charge in [0.1, 0.15) is 0 Å². The minimum atomic E-state index is -0.710. The van der Waals surface area contributed by atoms with E-state index in [0.717, 1.165) is 11.1 Å². The summed E-state index contributed by atoms with van der Waals surface area (Å²) >= 11 is 0. The summed E-state index contributed by atoms with van der Waals surface area (Å²) in [6.45, 7) is 2.13. The summed E-state index contributed by atoms with van der Waals surface area (Å²) in [5.74, 6) is -1.37. The van der Waals surface area contributed by atoms with Gasteiger partial charge >= 0.3 is 11.8 Å². The Hall–Kier alpha value is -2.66. The molecule has 2 amide bonds. The highest BCUT2D eigenvalue weighted by atomic mass is 16.3. The first-order chi connectivity index (χ1) is 11.1. The lowest BCUT2D eigenvalue weighted by atomic mass is 10.2. The van der Waals surface area contributed by atoms with E-state index < -0.39 is 11.8 Å². The number of hydrogen-bond donors (Lipinski definition) is 2. The van der Waals surface area contributed by atoms with Crippen LogP contribution in [0.1, 0.15) is 11.1 Å². The van der Waals surface area contributed by atoms with Crippen LogP contribution < -0.4 is 5.32 Å². The van der Waals surface area contributed by atoms with Gasteiger partial charge in [0.2, 0.25) is 0 Å². The Bertz CT molecular complexity index is 654. The van der Waals surface area contributed by atoms with E-state index in [2.05, 4.69) is 5.32 Å². The zero-order valence-electron chi connectivity index (χ0n) is 13.0. The quantitative estimate of drug-likeness (QED) is 0.829. The van der Waals surface area contributed by atoms with Crippen LogP contribution in [-0.4, -0.2) is 35.0 Å². The van der Waals surface area contributed by atoms with E-state index in [1.54, 1.807) is 12.1 Å². The van der Waals surface area contributed by atoms with Gasteiger partial charge in [0.05, 0.1) is 6.61 Å². The molecule has 0 aromatic heterocycles. The SMILES string of the molecule is Cc1ccc(NC(=O)C(=O)N(CCO)Cc2ccccc2)cc1. The Balaban J connectivity index is 2.04. The van der Waals surface area contributed by atoms with Gasteiger partial charge < -0.3 is 15.3 Å². The number of aliphatic hydroxyl groups is 1. The van der Waals surface area contributed by atoms with Crippen molar-refractivity contribution in [2.24, 2.45) is 0 Å². The third kappa shape index (κ3) is 4.93. The van der Waals surface area contributed by atoms with E-state index in [1.165, 1.54) is 4.90 Å². The number of aliphatic hydroxyl groups excluding tert-OH is 1.